The largest absolute Gasteiger partial charge is 0.382 e. The molecule has 1 amide bonds. The minimum Gasteiger partial charge on any atom is -0.382 e. The molecule has 0 heterocycles. The van der Waals surface area contributed by atoms with Gasteiger partial charge >= 0.3 is 0 Å². The predicted molar refractivity (Wildman–Crippen MR) is 63.2 cm³/mol. The number of carbonyl (C=O) groups is 1. The van der Waals surface area contributed by atoms with Crippen molar-refractivity contribution in [2.45, 2.75) is 12.5 Å². The Morgan fingerprint density at radius 1 is 1.59 bits per heavy atom. The Bertz CT molecular complexity index is 401. The molecule has 1 rings (SSSR count). The second kappa shape index (κ2) is 6.54. The number of carbonyl (C=O) groups excluding carboxylic acids is 1. The van der Waals surface area contributed by atoms with E-state index in [0.717, 1.165) is 5.56 Å². The molecule has 0 fully saturated rings. The second-order valence-corrected chi connectivity index (χ2v) is 3.95. The maximum Gasteiger partial charge on any atom is 0.250 e. The van der Waals surface area contributed by atoms with Crippen molar-refractivity contribution in [2.24, 2.45) is 5.73 Å². The molecule has 0 aromatic heterocycles. The fourth-order valence-corrected chi connectivity index (χ4v) is 1.45. The number of nitrogens with two attached hydrogens (primary N) is 1. The van der Waals surface area contributed by atoms with Crippen LogP contribution in [0, 0.1) is 5.82 Å². The molecule has 6 heteroatoms. The Morgan fingerprint density at radius 2 is 2.29 bits per heavy atom. The van der Waals surface area contributed by atoms with Crippen LogP contribution in [-0.2, 0) is 11.2 Å². The number of halogens is 2. The maximum atomic E-state index is 12.9. The van der Waals surface area contributed by atoms with Gasteiger partial charge in [0.05, 0.1) is 5.02 Å². The van der Waals surface area contributed by atoms with Crippen LogP contribution in [0.3, 0.4) is 0 Å². The van der Waals surface area contributed by atoms with E-state index in [1.165, 1.54) is 12.1 Å². The van der Waals surface area contributed by atoms with Gasteiger partial charge in [-0.25, -0.2) is 4.39 Å². The Morgan fingerprint density at radius 3 is 2.88 bits per heavy atom. The number of aliphatic hydroxyl groups excluding tert-OH is 1. The molecular weight excluding hydrogens is 247 g/mol. The van der Waals surface area contributed by atoms with Gasteiger partial charge in [-0.05, 0) is 24.1 Å². The fraction of sp³-hybridized carbons (Fsp3) is 0.364. The molecule has 0 aliphatic carbocycles. The van der Waals surface area contributed by atoms with E-state index in [9.17, 15) is 9.18 Å². The van der Waals surface area contributed by atoms with Gasteiger partial charge in [-0.2, -0.15) is 0 Å². The topological polar surface area (TPSA) is 75.3 Å². The normalized spacial score (nSPS) is 12.2. The highest BCUT2D eigenvalue weighted by Crippen LogP contribution is 2.15. The number of nitrogens with one attached hydrogen (secondary N) is 1. The van der Waals surface area contributed by atoms with E-state index in [-0.39, 0.29) is 11.6 Å². The summed E-state index contributed by atoms with van der Waals surface area (Å²) in [5.41, 5.74) is 5.93. The van der Waals surface area contributed by atoms with E-state index in [4.69, 9.17) is 22.4 Å². The molecular formula is C11H14ClFN2O2. The quantitative estimate of drug-likeness (QED) is 0.720. The molecule has 17 heavy (non-hydrogen) atoms. The average molecular weight is 261 g/mol. The number of hydrogen-bond donors (Lipinski definition) is 3. The molecule has 1 aromatic carbocycles. The van der Waals surface area contributed by atoms with E-state index in [0.29, 0.717) is 13.0 Å². The van der Waals surface area contributed by atoms with Crippen molar-refractivity contribution in [3.05, 3.63) is 34.6 Å². The van der Waals surface area contributed by atoms with E-state index in [2.05, 4.69) is 5.32 Å². The van der Waals surface area contributed by atoms with Crippen LogP contribution in [0.2, 0.25) is 5.02 Å². The lowest BCUT2D eigenvalue weighted by molar-refractivity contribution is -0.128. The number of aliphatic hydroxyl groups is 1. The minimum absolute atomic E-state index is 0.0517. The van der Waals surface area contributed by atoms with Gasteiger partial charge in [-0.15, -0.1) is 0 Å². The van der Waals surface area contributed by atoms with Crippen molar-refractivity contribution >= 4 is 17.5 Å². The molecule has 0 aliphatic rings. The Labute approximate surface area is 104 Å². The molecule has 0 saturated heterocycles. The van der Waals surface area contributed by atoms with Crippen LogP contribution in [0.5, 0.6) is 0 Å². The summed E-state index contributed by atoms with van der Waals surface area (Å²) in [6, 6.07) is 4.36. The van der Waals surface area contributed by atoms with Gasteiger partial charge in [-0.1, -0.05) is 17.7 Å². The first-order valence-corrected chi connectivity index (χ1v) is 5.52. The molecule has 4 N–H and O–H groups in total. The van der Waals surface area contributed by atoms with Crippen molar-refractivity contribution in [3.8, 4) is 0 Å². The van der Waals surface area contributed by atoms with E-state index < -0.39 is 17.8 Å². The molecule has 0 spiro atoms. The van der Waals surface area contributed by atoms with Gasteiger partial charge in [0.25, 0.3) is 0 Å². The molecule has 1 unspecified atom stereocenters. The lowest BCUT2D eigenvalue weighted by atomic mass is 10.1. The number of hydrogen-bond acceptors (Lipinski definition) is 3. The number of amides is 1. The van der Waals surface area contributed by atoms with Gasteiger partial charge in [0.15, 0.2) is 0 Å². The lowest BCUT2D eigenvalue weighted by Crippen LogP contribution is -2.39. The molecule has 1 aromatic rings. The summed E-state index contributed by atoms with van der Waals surface area (Å²) in [6.07, 6.45) is -0.685. The summed E-state index contributed by atoms with van der Waals surface area (Å²) in [4.78, 5) is 11.2. The molecule has 0 aliphatic heterocycles. The van der Waals surface area contributed by atoms with Crippen LogP contribution >= 0.6 is 11.6 Å². The lowest BCUT2D eigenvalue weighted by Gasteiger charge is -2.09. The van der Waals surface area contributed by atoms with Crippen molar-refractivity contribution in [3.63, 3.8) is 0 Å². The van der Waals surface area contributed by atoms with Gasteiger partial charge in [0, 0.05) is 13.1 Å². The Hall–Kier alpha value is -1.17. The predicted octanol–water partition coefficient (Wildman–Crippen LogP) is 0.457. The molecule has 0 radical (unpaired) electrons. The molecule has 0 saturated carbocycles. The zero-order valence-corrected chi connectivity index (χ0v) is 9.88. The van der Waals surface area contributed by atoms with Crippen LogP contribution in [-0.4, -0.2) is 30.2 Å². The monoisotopic (exact) mass is 260 g/mol. The van der Waals surface area contributed by atoms with E-state index >= 15 is 0 Å². The van der Waals surface area contributed by atoms with E-state index in [1.807, 2.05) is 0 Å². The molecule has 4 nitrogen and oxygen atoms in total. The van der Waals surface area contributed by atoms with Crippen LogP contribution in [0.25, 0.3) is 0 Å². The standard InChI is InChI=1S/C11H14ClFN2O2/c12-8-5-7(1-2-9(8)13)3-4-15-11(17)10(16)6-14/h1-2,5,10,16H,3-4,6,14H2,(H,15,17). The second-order valence-electron chi connectivity index (χ2n) is 3.54. The Balaban J connectivity index is 2.41. The number of benzene rings is 1. The van der Waals surface area contributed by atoms with Crippen molar-refractivity contribution in [1.82, 2.24) is 5.32 Å². The van der Waals surface area contributed by atoms with Gasteiger partial charge < -0.3 is 16.2 Å². The number of rotatable bonds is 5. The van der Waals surface area contributed by atoms with Crippen molar-refractivity contribution < 1.29 is 14.3 Å². The van der Waals surface area contributed by atoms with E-state index in [1.54, 1.807) is 6.07 Å². The molecule has 0 bridgehead atoms. The smallest absolute Gasteiger partial charge is 0.250 e. The Kier molecular flexibility index (Phi) is 5.34. The zero-order valence-electron chi connectivity index (χ0n) is 9.12. The van der Waals surface area contributed by atoms with Crippen LogP contribution < -0.4 is 11.1 Å². The SMILES string of the molecule is NCC(O)C(=O)NCCc1ccc(F)c(Cl)c1. The van der Waals surface area contributed by atoms with Crippen LogP contribution in [0.4, 0.5) is 4.39 Å². The fourth-order valence-electron chi connectivity index (χ4n) is 1.25. The molecule has 94 valence electrons. The summed E-state index contributed by atoms with van der Waals surface area (Å²) in [5.74, 6) is -0.987. The summed E-state index contributed by atoms with van der Waals surface area (Å²) < 4.78 is 12.9. The van der Waals surface area contributed by atoms with Gasteiger partial charge in [0.2, 0.25) is 5.91 Å². The molecule has 1 atom stereocenters. The first-order valence-electron chi connectivity index (χ1n) is 5.14. The van der Waals surface area contributed by atoms with Crippen LogP contribution in [0.15, 0.2) is 18.2 Å². The van der Waals surface area contributed by atoms with Crippen LogP contribution in [0.1, 0.15) is 5.56 Å². The highest BCUT2D eigenvalue weighted by atomic mass is 35.5. The maximum absolute atomic E-state index is 12.9. The zero-order chi connectivity index (χ0) is 12.8. The van der Waals surface area contributed by atoms with Gasteiger partial charge in [-0.3, -0.25) is 4.79 Å². The highest BCUT2D eigenvalue weighted by Gasteiger charge is 2.11. The first kappa shape index (κ1) is 13.9. The van der Waals surface area contributed by atoms with Crippen molar-refractivity contribution in [2.75, 3.05) is 13.1 Å². The van der Waals surface area contributed by atoms with Crippen molar-refractivity contribution in [1.29, 1.82) is 0 Å². The summed E-state index contributed by atoms with van der Waals surface area (Å²) in [5, 5.41) is 11.7. The third-order valence-electron chi connectivity index (χ3n) is 2.22. The summed E-state index contributed by atoms with van der Waals surface area (Å²) in [6.45, 7) is 0.214. The van der Waals surface area contributed by atoms with Gasteiger partial charge in [0.1, 0.15) is 11.9 Å². The summed E-state index contributed by atoms with van der Waals surface area (Å²) in [7, 11) is 0. The average Bonchev–Trinajstić information content (AvgIpc) is 2.32. The third-order valence-corrected chi connectivity index (χ3v) is 2.51. The summed E-state index contributed by atoms with van der Waals surface area (Å²) >= 11 is 5.61. The minimum atomic E-state index is -1.19. The third kappa shape index (κ3) is 4.30. The highest BCUT2D eigenvalue weighted by molar-refractivity contribution is 6.30. The first-order chi connectivity index (χ1) is 8.04.